The highest BCUT2D eigenvalue weighted by Gasteiger charge is 2.26. The van der Waals surface area contributed by atoms with Crippen LogP contribution in [0.3, 0.4) is 0 Å². The van der Waals surface area contributed by atoms with Crippen LogP contribution in [0, 0.1) is 5.82 Å². The lowest BCUT2D eigenvalue weighted by atomic mass is 10.2. The van der Waals surface area contributed by atoms with Gasteiger partial charge in [-0.3, -0.25) is 0 Å². The molecule has 0 unspecified atom stereocenters. The van der Waals surface area contributed by atoms with E-state index < -0.39 is 17.4 Å². The van der Waals surface area contributed by atoms with Crippen LogP contribution in [0.1, 0.15) is 40.2 Å². The summed E-state index contributed by atoms with van der Waals surface area (Å²) in [5, 5.41) is 6.16. The monoisotopic (exact) mass is 514 g/mol. The number of hydrogen-bond acceptors (Lipinski definition) is 9. The summed E-state index contributed by atoms with van der Waals surface area (Å²) in [6.45, 7) is 12.0. The van der Waals surface area contributed by atoms with E-state index in [4.69, 9.17) is 9.47 Å². The van der Waals surface area contributed by atoms with E-state index in [-0.39, 0.29) is 12.0 Å². The van der Waals surface area contributed by atoms with Crippen LogP contribution < -0.4 is 15.5 Å². The molecule has 1 aromatic heterocycles. The molecule has 1 aliphatic rings. The molecule has 1 aliphatic heterocycles. The number of piperazine rings is 1. The predicted octanol–water partition coefficient (Wildman–Crippen LogP) is 4.42. The third-order valence-electron chi connectivity index (χ3n) is 5.32. The van der Waals surface area contributed by atoms with Crippen molar-refractivity contribution >= 4 is 41.3 Å². The van der Waals surface area contributed by atoms with Gasteiger partial charge in [-0.25, -0.2) is 19.0 Å². The Bertz CT molecular complexity index is 1130. The van der Waals surface area contributed by atoms with Crippen molar-refractivity contribution in [2.75, 3.05) is 54.9 Å². The van der Waals surface area contributed by atoms with Crippen LogP contribution in [0.15, 0.2) is 30.5 Å². The summed E-state index contributed by atoms with van der Waals surface area (Å²) in [6.07, 6.45) is 4.11. The average molecular weight is 515 g/mol. The van der Waals surface area contributed by atoms with Gasteiger partial charge >= 0.3 is 12.1 Å². The Hall–Kier alpha value is -3.89. The highest BCUT2D eigenvalue weighted by atomic mass is 19.1. The zero-order chi connectivity index (χ0) is 27.0. The largest absolute Gasteiger partial charge is 0.463 e. The van der Waals surface area contributed by atoms with Crippen LogP contribution in [0.25, 0.3) is 6.08 Å². The highest BCUT2D eigenvalue weighted by molar-refractivity contribution is 5.88. The smallest absolute Gasteiger partial charge is 0.410 e. The number of aromatic nitrogens is 2. The van der Waals surface area contributed by atoms with Gasteiger partial charge in [-0.2, -0.15) is 4.98 Å². The van der Waals surface area contributed by atoms with Gasteiger partial charge in [0.25, 0.3) is 0 Å². The Morgan fingerprint density at radius 1 is 1.16 bits per heavy atom. The molecule has 2 N–H and O–H groups in total. The summed E-state index contributed by atoms with van der Waals surface area (Å²) in [4.78, 5) is 36.2. The molecule has 0 radical (unpaired) electrons. The van der Waals surface area contributed by atoms with Crippen LogP contribution in [0.2, 0.25) is 0 Å². The predicted molar refractivity (Wildman–Crippen MR) is 142 cm³/mol. The van der Waals surface area contributed by atoms with Gasteiger partial charge in [0.05, 0.1) is 12.3 Å². The quantitative estimate of drug-likeness (QED) is 0.391. The minimum absolute atomic E-state index is 0.280. The Labute approximate surface area is 216 Å². The minimum atomic E-state index is -0.556. The van der Waals surface area contributed by atoms with Crippen molar-refractivity contribution in [3.8, 4) is 0 Å². The molecule has 200 valence electrons. The van der Waals surface area contributed by atoms with Crippen molar-refractivity contribution in [3.63, 3.8) is 0 Å². The molecule has 0 atom stereocenters. The Kier molecular flexibility index (Phi) is 9.26. The number of carbonyl (C=O) groups is 2. The molecule has 1 aromatic carbocycles. The van der Waals surface area contributed by atoms with Gasteiger partial charge < -0.3 is 29.9 Å². The number of esters is 1. The van der Waals surface area contributed by atoms with E-state index >= 15 is 4.39 Å². The molecule has 37 heavy (non-hydrogen) atoms. The van der Waals surface area contributed by atoms with Crippen molar-refractivity contribution in [1.29, 1.82) is 0 Å². The molecule has 10 nitrogen and oxygen atoms in total. The fourth-order valence-corrected chi connectivity index (χ4v) is 3.66. The number of amides is 1. The average Bonchev–Trinajstić information content (AvgIpc) is 2.83. The molecule has 0 bridgehead atoms. The first-order valence-corrected chi connectivity index (χ1v) is 12.3. The van der Waals surface area contributed by atoms with Gasteiger partial charge in [0, 0.05) is 56.2 Å². The van der Waals surface area contributed by atoms with Gasteiger partial charge in [-0.1, -0.05) is 0 Å². The second-order valence-corrected chi connectivity index (χ2v) is 9.36. The zero-order valence-corrected chi connectivity index (χ0v) is 22.0. The van der Waals surface area contributed by atoms with E-state index in [9.17, 15) is 9.59 Å². The van der Waals surface area contributed by atoms with Crippen LogP contribution in [-0.4, -0.2) is 71.9 Å². The van der Waals surface area contributed by atoms with Gasteiger partial charge in [-0.15, -0.1) is 0 Å². The number of ether oxygens (including phenoxy) is 2. The summed E-state index contributed by atoms with van der Waals surface area (Å²) >= 11 is 0. The van der Waals surface area contributed by atoms with Crippen molar-refractivity contribution < 1.29 is 23.5 Å². The third-order valence-corrected chi connectivity index (χ3v) is 5.32. The van der Waals surface area contributed by atoms with Crippen molar-refractivity contribution in [2.45, 2.75) is 40.2 Å². The topological polar surface area (TPSA) is 109 Å². The summed E-state index contributed by atoms with van der Waals surface area (Å²) < 4.78 is 25.4. The summed E-state index contributed by atoms with van der Waals surface area (Å²) in [5.41, 5.74) is 1.02. The Balaban J connectivity index is 1.65. The number of anilines is 4. The van der Waals surface area contributed by atoms with Crippen LogP contribution >= 0.6 is 0 Å². The Morgan fingerprint density at radius 2 is 1.89 bits per heavy atom. The maximum Gasteiger partial charge on any atom is 0.410 e. The van der Waals surface area contributed by atoms with E-state index in [0.717, 1.165) is 0 Å². The first kappa shape index (κ1) is 27.7. The van der Waals surface area contributed by atoms with Crippen molar-refractivity contribution in [1.82, 2.24) is 14.9 Å². The molecule has 1 saturated heterocycles. The number of nitrogens with zero attached hydrogens (tertiary/aromatic N) is 4. The molecule has 0 saturated carbocycles. The van der Waals surface area contributed by atoms with Gasteiger partial charge in [0.15, 0.2) is 0 Å². The molecule has 1 amide bonds. The molecule has 2 aromatic rings. The first-order valence-electron chi connectivity index (χ1n) is 12.3. The summed E-state index contributed by atoms with van der Waals surface area (Å²) in [5.74, 6) is -0.0339. The van der Waals surface area contributed by atoms with Crippen molar-refractivity contribution in [2.24, 2.45) is 0 Å². The fourth-order valence-electron chi connectivity index (χ4n) is 3.66. The normalized spacial score (nSPS) is 14.0. The lowest BCUT2D eigenvalue weighted by Gasteiger charge is -2.36. The Morgan fingerprint density at radius 3 is 2.51 bits per heavy atom. The standard InChI is InChI=1S/C26H35FN6O4/c1-6-28-23-18(8-11-22(34)36-7-2)17-29-24(31-23)30-19-9-10-21(20(27)16-19)32-12-14-33(15-13-32)25(35)37-26(3,4)5/h8-11,16-17H,6-7,12-15H2,1-5H3,(H2,28,29,30,31)/b11-8+. The van der Waals surface area contributed by atoms with Gasteiger partial charge in [0.2, 0.25) is 5.95 Å². The zero-order valence-electron chi connectivity index (χ0n) is 22.0. The number of hydrogen-bond donors (Lipinski definition) is 2. The maximum atomic E-state index is 15.0. The summed E-state index contributed by atoms with van der Waals surface area (Å²) in [6, 6.07) is 4.84. The van der Waals surface area contributed by atoms with E-state index in [1.807, 2.05) is 32.6 Å². The SMILES string of the molecule is CCNc1nc(Nc2ccc(N3CCN(C(=O)OC(C)(C)C)CC3)c(F)c2)ncc1/C=C/C(=O)OCC. The molecule has 3 rings (SSSR count). The van der Waals surface area contributed by atoms with Crippen LogP contribution in [0.5, 0.6) is 0 Å². The fraction of sp³-hybridized carbons (Fsp3) is 0.462. The van der Waals surface area contributed by atoms with E-state index in [1.165, 1.54) is 12.1 Å². The number of nitrogens with one attached hydrogen (secondary N) is 2. The second-order valence-electron chi connectivity index (χ2n) is 9.36. The molecular weight excluding hydrogens is 479 g/mol. The molecule has 2 heterocycles. The number of halogens is 1. The van der Waals surface area contributed by atoms with E-state index in [2.05, 4.69) is 20.6 Å². The molecule has 11 heteroatoms. The maximum absolute atomic E-state index is 15.0. The molecular formula is C26H35FN6O4. The highest BCUT2D eigenvalue weighted by Crippen LogP contribution is 2.26. The van der Waals surface area contributed by atoms with Crippen LogP contribution in [0.4, 0.5) is 32.3 Å². The molecule has 0 aliphatic carbocycles. The van der Waals surface area contributed by atoms with Crippen molar-refractivity contribution in [3.05, 3.63) is 41.9 Å². The third kappa shape index (κ3) is 8.06. The lowest BCUT2D eigenvalue weighted by Crippen LogP contribution is -2.50. The van der Waals surface area contributed by atoms with E-state index in [1.54, 1.807) is 36.2 Å². The lowest BCUT2D eigenvalue weighted by molar-refractivity contribution is -0.137. The number of benzene rings is 1. The minimum Gasteiger partial charge on any atom is -0.463 e. The second kappa shape index (κ2) is 12.4. The van der Waals surface area contributed by atoms with Gasteiger partial charge in [-0.05, 0) is 58.9 Å². The van der Waals surface area contributed by atoms with E-state index in [0.29, 0.717) is 62.1 Å². The molecule has 1 fully saturated rings. The van der Waals surface area contributed by atoms with Gasteiger partial charge in [0.1, 0.15) is 17.2 Å². The summed E-state index contributed by atoms with van der Waals surface area (Å²) in [7, 11) is 0. The number of rotatable bonds is 8. The first-order chi connectivity index (χ1) is 17.6. The van der Waals surface area contributed by atoms with Crippen LogP contribution in [-0.2, 0) is 14.3 Å². The number of carbonyl (C=O) groups excluding carboxylic acids is 2. The molecule has 0 spiro atoms.